The number of nitrogens with zero attached hydrogens (tertiary/aromatic N) is 1. The average molecular weight is 169 g/mol. The predicted octanol–water partition coefficient (Wildman–Crippen LogP) is 0.116. The molecule has 0 aromatic carbocycles. The van der Waals surface area contributed by atoms with E-state index in [1.165, 1.54) is 0 Å². The van der Waals surface area contributed by atoms with E-state index in [0.717, 1.165) is 24.2 Å². The lowest BCUT2D eigenvalue weighted by molar-refractivity contribution is 0.413. The quantitative estimate of drug-likeness (QED) is 0.675. The van der Waals surface area contributed by atoms with E-state index in [-0.39, 0.29) is 5.56 Å². The van der Waals surface area contributed by atoms with Crippen LogP contribution in [0.5, 0.6) is 0 Å². The Bertz CT molecular complexity index is 297. The maximum absolute atomic E-state index is 11.1. The van der Waals surface area contributed by atoms with Crippen LogP contribution in [0.4, 0.5) is 0 Å². The van der Waals surface area contributed by atoms with Gasteiger partial charge in [0.05, 0.1) is 0 Å². The number of hydrogen-bond acceptors (Lipinski definition) is 2. The highest BCUT2D eigenvalue weighted by molar-refractivity contribution is 5.14. The monoisotopic (exact) mass is 169 g/mol. The minimum atomic E-state index is 0.00866. The van der Waals surface area contributed by atoms with Gasteiger partial charge in [-0.15, -0.1) is 0 Å². The lowest BCUT2D eigenvalue weighted by atomic mass is 10.2. The van der Waals surface area contributed by atoms with Crippen molar-refractivity contribution in [2.75, 3.05) is 20.6 Å². The molecule has 2 N–H and O–H groups in total. The smallest absolute Gasteiger partial charge is 0.267 e. The van der Waals surface area contributed by atoms with Crippen molar-refractivity contribution in [3.05, 3.63) is 21.6 Å². The van der Waals surface area contributed by atoms with E-state index in [9.17, 15) is 4.79 Å². The van der Waals surface area contributed by atoms with Crippen LogP contribution in [-0.2, 0) is 6.42 Å². The highest BCUT2D eigenvalue weighted by Gasteiger charge is 2.05. The van der Waals surface area contributed by atoms with Crippen LogP contribution in [-0.4, -0.2) is 35.7 Å². The Morgan fingerprint density at radius 2 is 2.00 bits per heavy atom. The number of H-pyrrole nitrogens is 2. The lowest BCUT2D eigenvalue weighted by Gasteiger charge is -2.07. The van der Waals surface area contributed by atoms with Gasteiger partial charge in [-0.1, -0.05) is 0 Å². The van der Waals surface area contributed by atoms with Crippen molar-refractivity contribution in [2.24, 2.45) is 0 Å². The summed E-state index contributed by atoms with van der Waals surface area (Å²) in [7, 11) is 3.99. The maximum Gasteiger partial charge on any atom is 0.267 e. The van der Waals surface area contributed by atoms with Gasteiger partial charge in [0.25, 0.3) is 5.56 Å². The third-order valence-corrected chi connectivity index (χ3v) is 1.90. The first kappa shape index (κ1) is 9.06. The van der Waals surface area contributed by atoms with Gasteiger partial charge in [0.2, 0.25) is 0 Å². The fourth-order valence-corrected chi connectivity index (χ4v) is 1.11. The van der Waals surface area contributed by atoms with Crippen molar-refractivity contribution < 1.29 is 0 Å². The van der Waals surface area contributed by atoms with Crippen LogP contribution in [0.3, 0.4) is 0 Å². The van der Waals surface area contributed by atoms with Crippen molar-refractivity contribution in [1.82, 2.24) is 15.1 Å². The first-order valence-corrected chi connectivity index (χ1v) is 4.02. The molecular formula is C8H15N3O. The summed E-state index contributed by atoms with van der Waals surface area (Å²) in [5.41, 5.74) is 1.82. The molecule has 0 saturated heterocycles. The van der Waals surface area contributed by atoms with Gasteiger partial charge in [-0.2, -0.15) is 0 Å². The Labute approximate surface area is 71.6 Å². The molecule has 0 saturated carbocycles. The van der Waals surface area contributed by atoms with E-state index < -0.39 is 0 Å². The van der Waals surface area contributed by atoms with Crippen LogP contribution in [0.25, 0.3) is 0 Å². The minimum Gasteiger partial charge on any atom is -0.309 e. The molecule has 0 spiro atoms. The van der Waals surface area contributed by atoms with Crippen molar-refractivity contribution in [1.29, 1.82) is 0 Å². The van der Waals surface area contributed by atoms with Gasteiger partial charge in [0.15, 0.2) is 0 Å². The summed E-state index contributed by atoms with van der Waals surface area (Å²) in [6, 6.07) is 0. The average Bonchev–Trinajstić information content (AvgIpc) is 2.28. The molecule has 4 nitrogen and oxygen atoms in total. The van der Waals surface area contributed by atoms with Gasteiger partial charge >= 0.3 is 0 Å². The number of nitrogens with one attached hydrogen (secondary N) is 2. The van der Waals surface area contributed by atoms with Gasteiger partial charge in [-0.25, -0.2) is 0 Å². The zero-order valence-corrected chi connectivity index (χ0v) is 7.77. The Kier molecular flexibility index (Phi) is 2.70. The molecule has 0 radical (unpaired) electrons. The summed E-state index contributed by atoms with van der Waals surface area (Å²) in [6.07, 6.45) is 0.803. The second kappa shape index (κ2) is 3.58. The molecule has 1 aromatic rings. The van der Waals surface area contributed by atoms with Crippen LogP contribution >= 0.6 is 0 Å². The highest BCUT2D eigenvalue weighted by Crippen LogP contribution is 1.97. The molecule has 1 heterocycles. The van der Waals surface area contributed by atoms with Crippen LogP contribution < -0.4 is 5.56 Å². The normalized spacial score (nSPS) is 11.0. The fourth-order valence-electron chi connectivity index (χ4n) is 1.11. The molecule has 0 amide bonds. The second-order valence-corrected chi connectivity index (χ2v) is 3.24. The van der Waals surface area contributed by atoms with Crippen LogP contribution in [0, 0.1) is 6.92 Å². The molecular weight excluding hydrogens is 154 g/mol. The molecule has 4 heteroatoms. The van der Waals surface area contributed by atoms with Crippen LogP contribution in [0.15, 0.2) is 4.79 Å². The topological polar surface area (TPSA) is 51.9 Å². The standard InChI is InChI=1S/C8H15N3O/c1-6-7(4-5-11(2)3)8(12)10-9-6/h4-5H2,1-3H3,(H2,9,10,12). The SMILES string of the molecule is Cc1[nH][nH]c(=O)c1CCN(C)C. The molecule has 0 fully saturated rings. The van der Waals surface area contributed by atoms with E-state index in [2.05, 4.69) is 15.1 Å². The number of hydrogen-bond donors (Lipinski definition) is 2. The second-order valence-electron chi connectivity index (χ2n) is 3.24. The summed E-state index contributed by atoms with van der Waals surface area (Å²) in [5, 5.41) is 5.37. The minimum absolute atomic E-state index is 0.00866. The molecule has 0 aliphatic rings. The van der Waals surface area contributed by atoms with Crippen molar-refractivity contribution in [3.63, 3.8) is 0 Å². The summed E-state index contributed by atoms with van der Waals surface area (Å²) in [5.74, 6) is 0. The van der Waals surface area contributed by atoms with Crippen molar-refractivity contribution in [3.8, 4) is 0 Å². The number of aromatic amines is 2. The Balaban J connectivity index is 2.68. The molecule has 0 bridgehead atoms. The first-order chi connectivity index (χ1) is 5.61. The zero-order valence-electron chi connectivity index (χ0n) is 7.77. The Hall–Kier alpha value is -1.03. The van der Waals surface area contributed by atoms with E-state index >= 15 is 0 Å². The van der Waals surface area contributed by atoms with E-state index in [1.54, 1.807) is 0 Å². The molecule has 0 aliphatic heterocycles. The third kappa shape index (κ3) is 1.98. The molecule has 68 valence electrons. The number of rotatable bonds is 3. The third-order valence-electron chi connectivity index (χ3n) is 1.90. The van der Waals surface area contributed by atoms with Gasteiger partial charge in [-0.3, -0.25) is 9.89 Å². The zero-order chi connectivity index (χ0) is 9.14. The van der Waals surface area contributed by atoms with Gasteiger partial charge in [0.1, 0.15) is 0 Å². The van der Waals surface area contributed by atoms with Crippen molar-refractivity contribution in [2.45, 2.75) is 13.3 Å². The fraction of sp³-hybridized carbons (Fsp3) is 0.625. The van der Waals surface area contributed by atoms with Crippen LogP contribution in [0.1, 0.15) is 11.3 Å². The van der Waals surface area contributed by atoms with Crippen LogP contribution in [0.2, 0.25) is 0 Å². The molecule has 0 aliphatic carbocycles. The Morgan fingerprint density at radius 3 is 2.42 bits per heavy atom. The maximum atomic E-state index is 11.1. The molecule has 1 rings (SSSR count). The first-order valence-electron chi connectivity index (χ1n) is 4.02. The lowest BCUT2D eigenvalue weighted by Crippen LogP contribution is -2.18. The predicted molar refractivity (Wildman–Crippen MR) is 48.4 cm³/mol. The highest BCUT2D eigenvalue weighted by atomic mass is 16.1. The molecule has 1 aromatic heterocycles. The Morgan fingerprint density at radius 1 is 1.33 bits per heavy atom. The summed E-state index contributed by atoms with van der Waals surface area (Å²) in [4.78, 5) is 13.2. The van der Waals surface area contributed by atoms with Gasteiger partial charge in [0, 0.05) is 17.8 Å². The number of aromatic nitrogens is 2. The summed E-state index contributed by atoms with van der Waals surface area (Å²) >= 11 is 0. The van der Waals surface area contributed by atoms with Gasteiger partial charge < -0.3 is 10.00 Å². The summed E-state index contributed by atoms with van der Waals surface area (Å²) in [6.45, 7) is 2.81. The van der Waals surface area contributed by atoms with E-state index in [4.69, 9.17) is 0 Å². The van der Waals surface area contributed by atoms with E-state index in [0.29, 0.717) is 0 Å². The summed E-state index contributed by atoms with van der Waals surface area (Å²) < 4.78 is 0. The largest absolute Gasteiger partial charge is 0.309 e. The van der Waals surface area contributed by atoms with Gasteiger partial charge in [-0.05, 0) is 27.4 Å². The van der Waals surface area contributed by atoms with Crippen molar-refractivity contribution >= 4 is 0 Å². The molecule has 12 heavy (non-hydrogen) atoms. The molecule has 0 unspecified atom stereocenters. The van der Waals surface area contributed by atoms with E-state index in [1.807, 2.05) is 21.0 Å². The number of aryl methyl sites for hydroxylation is 1. The molecule has 0 atom stereocenters. The number of likely N-dealkylation sites (N-methyl/N-ethyl adjacent to an activating group) is 1.